The third kappa shape index (κ3) is 11.0. The van der Waals surface area contributed by atoms with E-state index in [-0.39, 0.29) is 24.0 Å². The topological polar surface area (TPSA) is 157 Å². The number of aromatic nitrogens is 1. The van der Waals surface area contributed by atoms with Gasteiger partial charge in [-0.1, -0.05) is 49.6 Å². The van der Waals surface area contributed by atoms with Crippen molar-refractivity contribution >= 4 is 23.5 Å². The van der Waals surface area contributed by atoms with Gasteiger partial charge in [0.1, 0.15) is 23.2 Å². The molecule has 14 nitrogen and oxygen atoms in total. The molecule has 64 heavy (non-hydrogen) atoms. The van der Waals surface area contributed by atoms with Crippen molar-refractivity contribution in [2.75, 3.05) is 77.5 Å². The lowest BCUT2D eigenvalue weighted by molar-refractivity contribution is -0.146. The molecule has 4 fully saturated rings. The van der Waals surface area contributed by atoms with Gasteiger partial charge >= 0.3 is 12.1 Å². The normalized spacial score (nSPS) is 22.1. The molecular formula is C47H59F3N6O8. The number of carboxylic acid groups (broad SMARTS) is 1. The van der Waals surface area contributed by atoms with Crippen LogP contribution in [0.4, 0.5) is 18.9 Å². The van der Waals surface area contributed by atoms with Gasteiger partial charge in [-0.3, -0.25) is 34.1 Å². The van der Waals surface area contributed by atoms with Gasteiger partial charge in [0.05, 0.1) is 37.0 Å². The van der Waals surface area contributed by atoms with Crippen molar-refractivity contribution in [1.29, 1.82) is 0 Å². The van der Waals surface area contributed by atoms with Crippen LogP contribution in [0.15, 0.2) is 54.7 Å². The van der Waals surface area contributed by atoms with E-state index >= 15 is 0 Å². The number of nitrogens with one attached hydrogen (secondary N) is 1. The number of piperidine rings is 1. The Morgan fingerprint density at radius 1 is 0.969 bits per heavy atom. The number of likely N-dealkylation sites (tertiary alicyclic amines) is 2. The van der Waals surface area contributed by atoms with E-state index in [9.17, 15) is 37.8 Å². The van der Waals surface area contributed by atoms with Crippen molar-refractivity contribution in [3.8, 4) is 11.5 Å². The Hall–Kier alpha value is -4.81. The molecule has 4 aliphatic heterocycles. The van der Waals surface area contributed by atoms with Gasteiger partial charge < -0.3 is 34.6 Å². The molecule has 3 aromatic rings. The smallest absolute Gasteiger partial charge is 0.417 e. The number of hydrogen-bond acceptors (Lipinski definition) is 11. The molecule has 2 aromatic carbocycles. The van der Waals surface area contributed by atoms with E-state index < -0.39 is 41.4 Å². The summed E-state index contributed by atoms with van der Waals surface area (Å²) in [7, 11) is 0. The molecule has 8 rings (SSSR count). The molecule has 2 atom stereocenters. The number of amides is 2. The second-order valence-corrected chi connectivity index (χ2v) is 17.9. The quantitative estimate of drug-likeness (QED) is 0.163. The standard InChI is InChI=1S/C47H59F3N6O8/c48-47(49,50)35-10-11-37(51-28-35)44(59)56-24-26-64-46(31-56)16-20-53(21-17-46)29-33-6-4-5-32(27-33)15-25-62-39-14-19-55(42(39)45(60)61)23-22-54(36-7-2-1-3-8-36)18-13-34-9-12-38(57)41-43(34)63-30-40(58)52-41/h4-6,9-12,27-28,36,39,42,57H,1-3,7-8,13-26,29-31H2,(H,52,58)(H,60,61)/t39?,42-/m0/s1. The number of phenols is 1. The summed E-state index contributed by atoms with van der Waals surface area (Å²) in [5.74, 6) is -1.08. The first-order valence-corrected chi connectivity index (χ1v) is 22.7. The van der Waals surface area contributed by atoms with E-state index in [1.807, 2.05) is 12.1 Å². The number of carboxylic acids is 1. The zero-order chi connectivity index (χ0) is 44.8. The number of morpholine rings is 1. The van der Waals surface area contributed by atoms with Crippen molar-refractivity contribution in [2.45, 2.75) is 101 Å². The molecular weight excluding hydrogens is 834 g/mol. The van der Waals surface area contributed by atoms with Gasteiger partial charge in [-0.15, -0.1) is 0 Å². The predicted molar refractivity (Wildman–Crippen MR) is 230 cm³/mol. The number of aliphatic carboxylic acids is 1. The van der Waals surface area contributed by atoms with Crippen LogP contribution < -0.4 is 10.1 Å². The van der Waals surface area contributed by atoms with E-state index in [4.69, 9.17) is 14.2 Å². The second kappa shape index (κ2) is 20.1. The monoisotopic (exact) mass is 892 g/mol. The second-order valence-electron chi connectivity index (χ2n) is 17.9. The summed E-state index contributed by atoms with van der Waals surface area (Å²) in [4.78, 5) is 50.2. The maximum Gasteiger partial charge on any atom is 0.417 e. The number of rotatable bonds is 15. The number of halogens is 3. The minimum absolute atomic E-state index is 0.0126. The third-order valence-corrected chi connectivity index (χ3v) is 13.7. The Balaban J connectivity index is 0.799. The number of ether oxygens (including phenoxy) is 3. The summed E-state index contributed by atoms with van der Waals surface area (Å²) in [5.41, 5.74) is 2.08. The molecule has 0 radical (unpaired) electrons. The maximum atomic E-state index is 13.2. The van der Waals surface area contributed by atoms with Crippen molar-refractivity contribution in [1.82, 2.24) is 24.6 Å². The average molecular weight is 893 g/mol. The molecule has 1 aliphatic carbocycles. The lowest BCUT2D eigenvalue weighted by Crippen LogP contribution is -2.58. The summed E-state index contributed by atoms with van der Waals surface area (Å²) in [6.07, 6.45) is 4.90. The number of benzene rings is 2. The van der Waals surface area contributed by atoms with Crippen molar-refractivity contribution in [2.24, 2.45) is 0 Å². The number of fused-ring (bicyclic) bond motifs is 1. The lowest BCUT2D eigenvalue weighted by Gasteiger charge is -2.47. The fourth-order valence-corrected chi connectivity index (χ4v) is 10.2. The number of phenolic OH excluding ortho intramolecular Hbond substituents is 1. The predicted octanol–water partition coefficient (Wildman–Crippen LogP) is 5.61. The number of alkyl halides is 3. The van der Waals surface area contributed by atoms with E-state index in [2.05, 4.69) is 43.2 Å². The number of anilines is 1. The zero-order valence-electron chi connectivity index (χ0n) is 36.2. The van der Waals surface area contributed by atoms with E-state index in [1.165, 1.54) is 19.3 Å². The van der Waals surface area contributed by atoms with Crippen LogP contribution in [0.3, 0.4) is 0 Å². The Bertz CT molecular complexity index is 2110. The van der Waals surface area contributed by atoms with E-state index in [1.54, 1.807) is 11.0 Å². The molecule has 2 amide bonds. The molecule has 0 bridgehead atoms. The van der Waals surface area contributed by atoms with Crippen LogP contribution >= 0.6 is 0 Å². The minimum atomic E-state index is -4.52. The van der Waals surface area contributed by atoms with Crippen LogP contribution in [-0.2, 0) is 44.6 Å². The molecule has 346 valence electrons. The van der Waals surface area contributed by atoms with Gasteiger partial charge in [0.25, 0.3) is 11.8 Å². The number of pyridine rings is 1. The van der Waals surface area contributed by atoms with Crippen LogP contribution in [0.2, 0.25) is 0 Å². The van der Waals surface area contributed by atoms with Crippen molar-refractivity contribution in [3.05, 3.63) is 82.7 Å². The first-order chi connectivity index (χ1) is 30.8. The molecule has 3 saturated heterocycles. The fraction of sp³-hybridized carbons (Fsp3) is 0.574. The SMILES string of the molecule is O=C1COc2c(CCN(CCN3CCC(OCCc4cccc(CN5CCC6(CC5)CN(C(=O)c5ccc(C(F)(F)F)cn5)CCO6)c4)[C@H]3C(=O)O)C3CCCCC3)ccc(O)c2N1. The number of carbonyl (C=O) groups excluding carboxylic acids is 2. The molecule has 17 heteroatoms. The Morgan fingerprint density at radius 2 is 1.77 bits per heavy atom. The molecule has 5 heterocycles. The maximum absolute atomic E-state index is 13.2. The van der Waals surface area contributed by atoms with Crippen LogP contribution in [0.25, 0.3) is 0 Å². The largest absolute Gasteiger partial charge is 0.506 e. The number of hydrogen-bond donors (Lipinski definition) is 3. The van der Waals surface area contributed by atoms with Crippen molar-refractivity contribution < 1.29 is 52.0 Å². The Kier molecular flexibility index (Phi) is 14.4. The first kappa shape index (κ1) is 45.7. The van der Waals surface area contributed by atoms with Crippen LogP contribution in [-0.4, -0.2) is 149 Å². The van der Waals surface area contributed by atoms with Gasteiger partial charge in [0, 0.05) is 64.6 Å². The average Bonchev–Trinajstić information content (AvgIpc) is 3.71. The summed E-state index contributed by atoms with van der Waals surface area (Å²) in [6, 6.07) is 13.5. The van der Waals surface area contributed by atoms with E-state index in [0.29, 0.717) is 95.2 Å². The minimum Gasteiger partial charge on any atom is -0.506 e. The molecule has 3 N–H and O–H groups in total. The van der Waals surface area contributed by atoms with Gasteiger partial charge in [0.15, 0.2) is 12.4 Å². The van der Waals surface area contributed by atoms with Gasteiger partial charge in [-0.25, -0.2) is 0 Å². The van der Waals surface area contributed by atoms with Crippen LogP contribution in [0, 0.1) is 0 Å². The number of nitrogens with zero attached hydrogens (tertiary/aromatic N) is 5. The van der Waals surface area contributed by atoms with Gasteiger partial charge in [0.2, 0.25) is 0 Å². The molecule has 1 saturated carbocycles. The third-order valence-electron chi connectivity index (χ3n) is 13.7. The zero-order valence-corrected chi connectivity index (χ0v) is 36.2. The fourth-order valence-electron chi connectivity index (χ4n) is 10.2. The first-order valence-electron chi connectivity index (χ1n) is 22.7. The molecule has 5 aliphatic rings. The highest BCUT2D eigenvalue weighted by Crippen LogP contribution is 2.40. The summed E-state index contributed by atoms with van der Waals surface area (Å²) >= 11 is 0. The highest BCUT2D eigenvalue weighted by Gasteiger charge is 2.42. The Labute approximate surface area is 371 Å². The molecule has 1 unspecified atom stereocenters. The highest BCUT2D eigenvalue weighted by molar-refractivity contribution is 5.97. The Morgan fingerprint density at radius 3 is 2.52 bits per heavy atom. The summed E-state index contributed by atoms with van der Waals surface area (Å²) in [5, 5.41) is 23.5. The summed E-state index contributed by atoms with van der Waals surface area (Å²) < 4.78 is 57.4. The number of aromatic hydroxyl groups is 1. The van der Waals surface area contributed by atoms with Gasteiger partial charge in [-0.2, -0.15) is 13.2 Å². The molecule has 1 aromatic heterocycles. The van der Waals surface area contributed by atoms with Crippen LogP contribution in [0.1, 0.15) is 84.1 Å². The van der Waals surface area contributed by atoms with Crippen molar-refractivity contribution in [3.63, 3.8) is 0 Å². The highest BCUT2D eigenvalue weighted by atomic mass is 19.4. The van der Waals surface area contributed by atoms with E-state index in [0.717, 1.165) is 74.4 Å². The number of carbonyl (C=O) groups is 3. The lowest BCUT2D eigenvalue weighted by atomic mass is 9.89. The summed E-state index contributed by atoms with van der Waals surface area (Å²) in [6.45, 7) is 6.35. The van der Waals surface area contributed by atoms with Crippen LogP contribution in [0.5, 0.6) is 11.5 Å². The molecule has 1 spiro atoms. The van der Waals surface area contributed by atoms with Gasteiger partial charge in [-0.05, 0) is 79.8 Å².